The largest absolute Gasteiger partial charge is 0.481 e. The molecule has 1 amide bonds. The van der Waals surface area contributed by atoms with Gasteiger partial charge in [0.05, 0.1) is 18.6 Å². The van der Waals surface area contributed by atoms with Crippen molar-refractivity contribution >= 4 is 11.9 Å². The van der Waals surface area contributed by atoms with Crippen molar-refractivity contribution in [2.45, 2.75) is 39.2 Å². The second-order valence-corrected chi connectivity index (χ2v) is 6.32. The monoisotopic (exact) mass is 293 g/mol. The zero-order chi connectivity index (χ0) is 16.1. The molecule has 1 aromatic carbocycles. The summed E-state index contributed by atoms with van der Waals surface area (Å²) in [5, 5.41) is 21.3. The molecule has 5 heteroatoms. The molecule has 0 saturated carbocycles. The molecule has 0 bridgehead atoms. The van der Waals surface area contributed by atoms with E-state index in [1.807, 2.05) is 30.3 Å². The Labute approximate surface area is 125 Å². The second-order valence-electron chi connectivity index (χ2n) is 6.32. The van der Waals surface area contributed by atoms with Crippen molar-refractivity contribution in [1.82, 2.24) is 5.32 Å². The van der Waals surface area contributed by atoms with E-state index < -0.39 is 16.9 Å². The topological polar surface area (TPSA) is 86.6 Å². The number of amides is 1. The zero-order valence-electron chi connectivity index (χ0n) is 12.7. The molecule has 0 fully saturated rings. The van der Waals surface area contributed by atoms with E-state index in [2.05, 4.69) is 5.32 Å². The Kier molecular flexibility index (Phi) is 5.49. The van der Waals surface area contributed by atoms with Gasteiger partial charge in [0.15, 0.2) is 0 Å². The lowest BCUT2D eigenvalue weighted by molar-refractivity contribution is -0.139. The minimum atomic E-state index is -0.930. The molecule has 5 nitrogen and oxygen atoms in total. The highest BCUT2D eigenvalue weighted by molar-refractivity contribution is 5.78. The molecule has 0 aromatic heterocycles. The lowest BCUT2D eigenvalue weighted by atomic mass is 9.84. The van der Waals surface area contributed by atoms with Crippen LogP contribution in [0.25, 0.3) is 0 Å². The van der Waals surface area contributed by atoms with Gasteiger partial charge in [-0.1, -0.05) is 44.2 Å². The van der Waals surface area contributed by atoms with Crippen LogP contribution in [0, 0.1) is 5.41 Å². The van der Waals surface area contributed by atoms with Crippen LogP contribution >= 0.6 is 0 Å². The van der Waals surface area contributed by atoms with E-state index in [1.54, 1.807) is 20.8 Å². The summed E-state index contributed by atoms with van der Waals surface area (Å²) < 4.78 is 0. The van der Waals surface area contributed by atoms with Gasteiger partial charge in [0, 0.05) is 6.42 Å². The molecular weight excluding hydrogens is 270 g/mol. The Hall–Kier alpha value is -1.88. The third-order valence-electron chi connectivity index (χ3n) is 3.41. The Balaban J connectivity index is 2.78. The molecule has 1 atom stereocenters. The Morgan fingerprint density at radius 2 is 1.67 bits per heavy atom. The summed E-state index contributed by atoms with van der Waals surface area (Å²) in [6.45, 7) is 4.98. The third-order valence-corrected chi connectivity index (χ3v) is 3.41. The van der Waals surface area contributed by atoms with Crippen molar-refractivity contribution in [1.29, 1.82) is 0 Å². The minimum absolute atomic E-state index is 0.0817. The van der Waals surface area contributed by atoms with Crippen molar-refractivity contribution in [2.75, 3.05) is 6.61 Å². The summed E-state index contributed by atoms with van der Waals surface area (Å²) in [7, 11) is 0. The molecule has 3 N–H and O–H groups in total. The molecule has 21 heavy (non-hydrogen) atoms. The number of benzene rings is 1. The Morgan fingerprint density at radius 1 is 1.10 bits per heavy atom. The van der Waals surface area contributed by atoms with E-state index in [0.717, 1.165) is 5.56 Å². The van der Waals surface area contributed by atoms with Crippen molar-refractivity contribution in [3.8, 4) is 0 Å². The molecule has 1 rings (SSSR count). The van der Waals surface area contributed by atoms with Gasteiger partial charge in [-0.25, -0.2) is 0 Å². The van der Waals surface area contributed by atoms with E-state index in [0.29, 0.717) is 0 Å². The average Bonchev–Trinajstić information content (AvgIpc) is 2.37. The van der Waals surface area contributed by atoms with Crippen molar-refractivity contribution in [3.63, 3.8) is 0 Å². The predicted molar refractivity (Wildman–Crippen MR) is 79.7 cm³/mol. The summed E-state index contributed by atoms with van der Waals surface area (Å²) in [6.07, 6.45) is 0.00329. The molecule has 0 radical (unpaired) electrons. The van der Waals surface area contributed by atoms with Crippen LogP contribution in [0.4, 0.5) is 0 Å². The minimum Gasteiger partial charge on any atom is -0.481 e. The van der Waals surface area contributed by atoms with Crippen LogP contribution in [0.5, 0.6) is 0 Å². The Morgan fingerprint density at radius 3 is 2.14 bits per heavy atom. The SMILES string of the molecule is CC(C)(CC(=O)O)CC(=O)NC(C)(CO)c1ccccc1. The standard InChI is InChI=1S/C16H23NO4/c1-15(2,10-14(20)21)9-13(19)17-16(3,11-18)12-7-5-4-6-8-12/h4-8,18H,9-11H2,1-3H3,(H,17,19)(H,20,21). The van der Waals surface area contributed by atoms with Gasteiger partial charge in [0.2, 0.25) is 5.91 Å². The van der Waals surface area contributed by atoms with Crippen LogP contribution in [0.2, 0.25) is 0 Å². The molecule has 116 valence electrons. The smallest absolute Gasteiger partial charge is 0.303 e. The number of carbonyl (C=O) groups excluding carboxylic acids is 1. The van der Waals surface area contributed by atoms with Crippen LogP contribution in [0.3, 0.4) is 0 Å². The fraction of sp³-hybridized carbons (Fsp3) is 0.500. The van der Waals surface area contributed by atoms with Crippen LogP contribution in [0.1, 0.15) is 39.2 Å². The fourth-order valence-corrected chi connectivity index (χ4v) is 2.27. The highest BCUT2D eigenvalue weighted by atomic mass is 16.4. The van der Waals surface area contributed by atoms with Gasteiger partial charge in [-0.2, -0.15) is 0 Å². The lowest BCUT2D eigenvalue weighted by Gasteiger charge is -2.31. The van der Waals surface area contributed by atoms with Gasteiger partial charge in [-0.15, -0.1) is 0 Å². The van der Waals surface area contributed by atoms with Gasteiger partial charge in [0.1, 0.15) is 0 Å². The quantitative estimate of drug-likeness (QED) is 0.716. The highest BCUT2D eigenvalue weighted by Gasteiger charge is 2.31. The third kappa shape index (κ3) is 5.19. The zero-order valence-corrected chi connectivity index (χ0v) is 12.7. The van der Waals surface area contributed by atoms with Crippen molar-refractivity contribution in [3.05, 3.63) is 35.9 Å². The van der Waals surface area contributed by atoms with E-state index in [9.17, 15) is 14.7 Å². The second kappa shape index (κ2) is 6.72. The first-order valence-electron chi connectivity index (χ1n) is 6.88. The molecule has 0 aliphatic rings. The number of aliphatic hydroxyl groups excluding tert-OH is 1. The fourth-order valence-electron chi connectivity index (χ4n) is 2.27. The Bertz CT molecular complexity index is 498. The van der Waals surface area contributed by atoms with E-state index in [1.165, 1.54) is 0 Å². The maximum Gasteiger partial charge on any atom is 0.303 e. The molecule has 1 aromatic rings. The van der Waals surface area contributed by atoms with Crippen molar-refractivity contribution in [2.24, 2.45) is 5.41 Å². The van der Waals surface area contributed by atoms with E-state index in [4.69, 9.17) is 5.11 Å². The summed E-state index contributed by atoms with van der Waals surface area (Å²) in [5.74, 6) is -1.21. The maximum absolute atomic E-state index is 12.2. The van der Waals surface area contributed by atoms with Crippen LogP contribution in [-0.4, -0.2) is 28.7 Å². The maximum atomic E-state index is 12.2. The van der Waals surface area contributed by atoms with E-state index in [-0.39, 0.29) is 25.4 Å². The number of carbonyl (C=O) groups is 2. The highest BCUT2D eigenvalue weighted by Crippen LogP contribution is 2.26. The van der Waals surface area contributed by atoms with Gasteiger partial charge >= 0.3 is 5.97 Å². The number of hydrogen-bond acceptors (Lipinski definition) is 3. The normalized spacial score (nSPS) is 14.3. The number of aliphatic carboxylic acids is 1. The summed E-state index contributed by atoms with van der Waals surface area (Å²) in [5.41, 5.74) is -0.711. The molecule has 0 spiro atoms. The van der Waals surface area contributed by atoms with Crippen molar-refractivity contribution < 1.29 is 19.8 Å². The average molecular weight is 293 g/mol. The van der Waals surface area contributed by atoms with Gasteiger partial charge < -0.3 is 15.5 Å². The predicted octanol–water partition coefficient (Wildman–Crippen LogP) is 1.90. The first-order valence-corrected chi connectivity index (χ1v) is 6.88. The molecular formula is C16H23NO4. The van der Waals surface area contributed by atoms with Crippen LogP contribution < -0.4 is 5.32 Å². The van der Waals surface area contributed by atoms with Gasteiger partial charge in [-0.05, 0) is 17.9 Å². The van der Waals surface area contributed by atoms with Crippen LogP contribution in [0.15, 0.2) is 30.3 Å². The first kappa shape index (κ1) is 17.2. The lowest BCUT2D eigenvalue weighted by Crippen LogP contribution is -2.47. The molecule has 0 heterocycles. The number of aliphatic hydroxyl groups is 1. The summed E-state index contributed by atoms with van der Waals surface area (Å²) in [4.78, 5) is 23.0. The number of rotatable bonds is 7. The van der Waals surface area contributed by atoms with Gasteiger partial charge in [0.25, 0.3) is 0 Å². The van der Waals surface area contributed by atoms with Crippen LogP contribution in [-0.2, 0) is 15.1 Å². The number of carboxylic acids is 1. The van der Waals surface area contributed by atoms with E-state index >= 15 is 0 Å². The molecule has 1 unspecified atom stereocenters. The summed E-state index contributed by atoms with van der Waals surface area (Å²) in [6, 6.07) is 9.20. The molecule has 0 saturated heterocycles. The first-order chi connectivity index (χ1) is 9.68. The number of hydrogen-bond donors (Lipinski definition) is 3. The van der Waals surface area contributed by atoms with Gasteiger partial charge in [-0.3, -0.25) is 9.59 Å². The summed E-state index contributed by atoms with van der Waals surface area (Å²) >= 11 is 0. The number of nitrogens with one attached hydrogen (secondary N) is 1. The molecule has 0 aliphatic carbocycles. The molecule has 0 aliphatic heterocycles. The number of carboxylic acid groups (broad SMARTS) is 1.